The molecule has 0 spiro atoms. The third kappa shape index (κ3) is 2.66. The van der Waals surface area contributed by atoms with Gasteiger partial charge < -0.3 is 4.74 Å². The lowest BCUT2D eigenvalue weighted by atomic mass is 10.1. The number of carbonyl (C=O) groups is 1. The summed E-state index contributed by atoms with van der Waals surface area (Å²) in [5.74, 6) is -5.36. The van der Waals surface area contributed by atoms with E-state index < -0.39 is 17.6 Å². The van der Waals surface area contributed by atoms with E-state index >= 15 is 0 Å². The van der Waals surface area contributed by atoms with Crippen LogP contribution in [-0.4, -0.2) is 17.6 Å². The molecule has 0 atom stereocenters. The van der Waals surface area contributed by atoms with E-state index in [9.17, 15) is 13.6 Å². The van der Waals surface area contributed by atoms with Crippen LogP contribution in [0.25, 0.3) is 10.8 Å². The maximum absolute atomic E-state index is 13.8. The van der Waals surface area contributed by atoms with Gasteiger partial charge in [-0.05, 0) is 30.5 Å². The predicted octanol–water partition coefficient (Wildman–Crippen LogP) is 3.54. The fourth-order valence-electron chi connectivity index (χ4n) is 1.61. The van der Waals surface area contributed by atoms with E-state index in [1.54, 1.807) is 18.2 Å². The minimum Gasteiger partial charge on any atom is -0.461 e. The molecule has 0 fully saturated rings. The van der Waals surface area contributed by atoms with Crippen molar-refractivity contribution in [3.63, 3.8) is 0 Å². The van der Waals surface area contributed by atoms with Crippen LogP contribution in [0.15, 0.2) is 30.5 Å². The Morgan fingerprint density at radius 1 is 1.37 bits per heavy atom. The van der Waals surface area contributed by atoms with Gasteiger partial charge in [0, 0.05) is 16.6 Å². The molecule has 0 saturated heterocycles. The minimum atomic E-state index is -3.76. The van der Waals surface area contributed by atoms with Gasteiger partial charge in [-0.3, -0.25) is 4.98 Å². The first kappa shape index (κ1) is 13.7. The normalized spacial score (nSPS) is 11.6. The molecule has 0 radical (unpaired) electrons. The summed E-state index contributed by atoms with van der Waals surface area (Å²) in [4.78, 5) is 14.8. The topological polar surface area (TPSA) is 39.2 Å². The van der Waals surface area contributed by atoms with E-state index in [1.807, 2.05) is 0 Å². The first-order valence-corrected chi connectivity index (χ1v) is 5.93. The van der Waals surface area contributed by atoms with Gasteiger partial charge in [0.05, 0.1) is 6.61 Å². The molecule has 19 heavy (non-hydrogen) atoms. The summed E-state index contributed by atoms with van der Waals surface area (Å²) in [6.45, 7) is 1.35. The van der Waals surface area contributed by atoms with Gasteiger partial charge in [-0.1, -0.05) is 17.7 Å². The number of halogens is 3. The molecule has 6 heteroatoms. The maximum Gasteiger partial charge on any atom is 0.384 e. The maximum atomic E-state index is 13.8. The van der Waals surface area contributed by atoms with E-state index in [4.69, 9.17) is 11.6 Å². The van der Waals surface area contributed by atoms with Gasteiger partial charge in [0.2, 0.25) is 0 Å². The summed E-state index contributed by atoms with van der Waals surface area (Å²) >= 11 is 5.79. The van der Waals surface area contributed by atoms with Crippen molar-refractivity contribution >= 4 is 28.3 Å². The van der Waals surface area contributed by atoms with E-state index in [-0.39, 0.29) is 6.61 Å². The summed E-state index contributed by atoms with van der Waals surface area (Å²) in [5, 5.41) is 1.63. The van der Waals surface area contributed by atoms with Crippen LogP contribution in [0.5, 0.6) is 0 Å². The van der Waals surface area contributed by atoms with Crippen molar-refractivity contribution in [3.8, 4) is 0 Å². The standard InChI is InChI=1S/C13H10ClF2NO2/c1-2-19-12(18)13(15,16)11-6-8-3-4-10(14)5-9(8)7-17-11/h3-7H,2H2,1H3. The van der Waals surface area contributed by atoms with Crippen LogP contribution in [0.2, 0.25) is 5.02 Å². The molecule has 0 aliphatic carbocycles. The van der Waals surface area contributed by atoms with Crippen molar-refractivity contribution in [2.45, 2.75) is 12.8 Å². The first-order valence-electron chi connectivity index (χ1n) is 5.56. The van der Waals surface area contributed by atoms with Crippen LogP contribution < -0.4 is 0 Å². The Hall–Kier alpha value is -1.75. The lowest BCUT2D eigenvalue weighted by Crippen LogP contribution is -2.29. The predicted molar refractivity (Wildman–Crippen MR) is 67.3 cm³/mol. The molecule has 0 saturated carbocycles. The first-order chi connectivity index (χ1) is 8.95. The highest BCUT2D eigenvalue weighted by molar-refractivity contribution is 6.31. The van der Waals surface area contributed by atoms with Crippen LogP contribution in [0, 0.1) is 0 Å². The number of rotatable bonds is 3. The Labute approximate surface area is 113 Å². The number of pyridine rings is 1. The molecular formula is C13H10ClF2NO2. The summed E-state index contributed by atoms with van der Waals surface area (Å²) in [6.07, 6.45) is 1.25. The van der Waals surface area contributed by atoms with Crippen molar-refractivity contribution in [1.82, 2.24) is 4.98 Å². The van der Waals surface area contributed by atoms with E-state index in [1.165, 1.54) is 13.1 Å². The highest BCUT2D eigenvalue weighted by Crippen LogP contribution is 2.30. The Bertz CT molecular complexity index is 631. The van der Waals surface area contributed by atoms with Gasteiger partial charge in [-0.2, -0.15) is 8.78 Å². The Morgan fingerprint density at radius 2 is 2.11 bits per heavy atom. The van der Waals surface area contributed by atoms with Crippen LogP contribution in [-0.2, 0) is 15.5 Å². The molecule has 0 amide bonds. The lowest BCUT2D eigenvalue weighted by Gasteiger charge is -2.14. The number of ether oxygens (including phenoxy) is 1. The van der Waals surface area contributed by atoms with Crippen molar-refractivity contribution < 1.29 is 18.3 Å². The molecule has 1 heterocycles. The molecule has 2 aromatic rings. The molecular weight excluding hydrogens is 276 g/mol. The highest BCUT2D eigenvalue weighted by Gasteiger charge is 2.44. The van der Waals surface area contributed by atoms with Crippen molar-refractivity contribution in [1.29, 1.82) is 0 Å². The molecule has 1 aromatic carbocycles. The number of benzene rings is 1. The minimum absolute atomic E-state index is 0.113. The molecule has 0 unspecified atom stereocenters. The van der Waals surface area contributed by atoms with Gasteiger partial charge in [-0.15, -0.1) is 0 Å². The van der Waals surface area contributed by atoms with E-state index in [2.05, 4.69) is 9.72 Å². The smallest absolute Gasteiger partial charge is 0.384 e. The molecule has 100 valence electrons. The highest BCUT2D eigenvalue weighted by atomic mass is 35.5. The van der Waals surface area contributed by atoms with Gasteiger partial charge in [-0.25, -0.2) is 4.79 Å². The summed E-state index contributed by atoms with van der Waals surface area (Å²) in [5.41, 5.74) is -0.638. The second-order valence-electron chi connectivity index (χ2n) is 3.86. The number of hydrogen-bond acceptors (Lipinski definition) is 3. The summed E-state index contributed by atoms with van der Waals surface area (Å²) in [6, 6.07) is 5.93. The van der Waals surface area contributed by atoms with Crippen LogP contribution in [0.3, 0.4) is 0 Å². The fraction of sp³-hybridized carbons (Fsp3) is 0.231. The number of aromatic nitrogens is 1. The summed E-state index contributed by atoms with van der Waals surface area (Å²) in [7, 11) is 0. The molecule has 0 N–H and O–H groups in total. The third-order valence-electron chi connectivity index (χ3n) is 2.54. The molecule has 0 aliphatic rings. The Kier molecular flexibility index (Phi) is 3.66. The monoisotopic (exact) mass is 285 g/mol. The number of hydrogen-bond donors (Lipinski definition) is 0. The second kappa shape index (κ2) is 5.09. The second-order valence-corrected chi connectivity index (χ2v) is 4.29. The van der Waals surface area contributed by atoms with Gasteiger partial charge >= 0.3 is 11.9 Å². The van der Waals surface area contributed by atoms with Gasteiger partial charge in [0.15, 0.2) is 0 Å². The molecule has 2 rings (SSSR count). The van der Waals surface area contributed by atoms with E-state index in [0.29, 0.717) is 15.8 Å². The Morgan fingerprint density at radius 3 is 2.79 bits per heavy atom. The summed E-state index contributed by atoms with van der Waals surface area (Å²) < 4.78 is 31.9. The zero-order valence-corrected chi connectivity index (χ0v) is 10.7. The lowest BCUT2D eigenvalue weighted by molar-refractivity contribution is -0.173. The zero-order chi connectivity index (χ0) is 14.0. The number of fused-ring (bicyclic) bond motifs is 1. The number of nitrogens with zero attached hydrogens (tertiary/aromatic N) is 1. The number of carbonyl (C=O) groups excluding carboxylic acids is 1. The van der Waals surface area contributed by atoms with Crippen molar-refractivity contribution in [2.24, 2.45) is 0 Å². The van der Waals surface area contributed by atoms with Crippen LogP contribution in [0.4, 0.5) is 8.78 Å². The zero-order valence-electron chi connectivity index (χ0n) is 9.99. The van der Waals surface area contributed by atoms with Crippen LogP contribution >= 0.6 is 11.6 Å². The molecule has 3 nitrogen and oxygen atoms in total. The Balaban J connectivity index is 2.45. The number of esters is 1. The molecule has 0 bridgehead atoms. The average molecular weight is 286 g/mol. The quantitative estimate of drug-likeness (QED) is 0.810. The third-order valence-corrected chi connectivity index (χ3v) is 2.77. The van der Waals surface area contributed by atoms with Crippen LogP contribution in [0.1, 0.15) is 12.6 Å². The fourth-order valence-corrected chi connectivity index (χ4v) is 1.79. The largest absolute Gasteiger partial charge is 0.461 e. The van der Waals surface area contributed by atoms with Gasteiger partial charge in [0.25, 0.3) is 0 Å². The van der Waals surface area contributed by atoms with E-state index in [0.717, 1.165) is 6.07 Å². The van der Waals surface area contributed by atoms with Crippen molar-refractivity contribution in [3.05, 3.63) is 41.2 Å². The molecule has 1 aromatic heterocycles. The average Bonchev–Trinajstić information content (AvgIpc) is 2.38. The molecule has 0 aliphatic heterocycles. The van der Waals surface area contributed by atoms with Crippen molar-refractivity contribution in [2.75, 3.05) is 6.61 Å². The van der Waals surface area contributed by atoms with Gasteiger partial charge in [0.1, 0.15) is 5.69 Å². The number of alkyl halides is 2. The SMILES string of the molecule is CCOC(=O)C(F)(F)c1cc2ccc(Cl)cc2cn1.